The molecule has 0 saturated heterocycles. The number of benzene rings is 1. The first-order valence-electron chi connectivity index (χ1n) is 7.02. The third kappa shape index (κ3) is 2.25. The van der Waals surface area contributed by atoms with Gasteiger partial charge in [-0.2, -0.15) is 9.61 Å². The van der Waals surface area contributed by atoms with E-state index in [-0.39, 0.29) is 5.88 Å². The van der Waals surface area contributed by atoms with Crippen LogP contribution in [0, 0.1) is 0 Å². The lowest BCUT2D eigenvalue weighted by atomic mass is 10.0. The molecule has 1 aromatic carbocycles. The monoisotopic (exact) mass is 299 g/mol. The summed E-state index contributed by atoms with van der Waals surface area (Å²) in [5.74, 6) is 0.650. The maximum absolute atomic E-state index is 10.6. The SMILES string of the molecule is Oc1c(Cc2cccc(Cl)c2)c(C2CC2)nc2ccnn12. The van der Waals surface area contributed by atoms with Gasteiger partial charge in [0, 0.05) is 29.0 Å². The smallest absolute Gasteiger partial charge is 0.219 e. The first-order chi connectivity index (χ1) is 10.2. The van der Waals surface area contributed by atoms with Crippen molar-refractivity contribution in [1.29, 1.82) is 0 Å². The molecule has 5 heteroatoms. The highest BCUT2D eigenvalue weighted by Gasteiger charge is 2.30. The first-order valence-corrected chi connectivity index (χ1v) is 7.40. The first kappa shape index (κ1) is 12.7. The van der Waals surface area contributed by atoms with Gasteiger partial charge in [0.2, 0.25) is 5.88 Å². The molecule has 0 atom stereocenters. The van der Waals surface area contributed by atoms with Crippen molar-refractivity contribution in [2.75, 3.05) is 0 Å². The highest BCUT2D eigenvalue weighted by atomic mass is 35.5. The van der Waals surface area contributed by atoms with Crippen molar-refractivity contribution in [2.24, 2.45) is 0 Å². The molecule has 0 radical (unpaired) electrons. The van der Waals surface area contributed by atoms with Gasteiger partial charge in [-0.25, -0.2) is 4.98 Å². The van der Waals surface area contributed by atoms with E-state index >= 15 is 0 Å². The van der Waals surface area contributed by atoms with Crippen LogP contribution in [-0.2, 0) is 6.42 Å². The number of fused-ring (bicyclic) bond motifs is 1. The largest absolute Gasteiger partial charge is 0.493 e. The Labute approximate surface area is 127 Å². The van der Waals surface area contributed by atoms with Gasteiger partial charge in [-0.15, -0.1) is 0 Å². The summed E-state index contributed by atoms with van der Waals surface area (Å²) in [6, 6.07) is 9.52. The minimum Gasteiger partial charge on any atom is -0.493 e. The molecule has 0 amide bonds. The molecule has 2 heterocycles. The van der Waals surface area contributed by atoms with Crippen LogP contribution < -0.4 is 0 Å². The Morgan fingerprint density at radius 1 is 1.29 bits per heavy atom. The van der Waals surface area contributed by atoms with Crippen molar-refractivity contribution in [2.45, 2.75) is 25.2 Å². The summed E-state index contributed by atoms with van der Waals surface area (Å²) >= 11 is 6.05. The summed E-state index contributed by atoms with van der Waals surface area (Å²) in [5.41, 5.74) is 3.62. The van der Waals surface area contributed by atoms with Crippen LogP contribution >= 0.6 is 11.6 Å². The molecule has 1 aliphatic rings. The average molecular weight is 300 g/mol. The van der Waals surface area contributed by atoms with Crippen LogP contribution in [0.3, 0.4) is 0 Å². The summed E-state index contributed by atoms with van der Waals surface area (Å²) in [6.07, 6.45) is 4.54. The summed E-state index contributed by atoms with van der Waals surface area (Å²) < 4.78 is 1.49. The Kier molecular flexibility index (Phi) is 2.86. The van der Waals surface area contributed by atoms with Crippen LogP contribution in [0.4, 0.5) is 0 Å². The van der Waals surface area contributed by atoms with E-state index in [1.807, 2.05) is 30.3 Å². The quantitative estimate of drug-likeness (QED) is 0.804. The van der Waals surface area contributed by atoms with Crippen LogP contribution in [0.2, 0.25) is 5.02 Å². The number of hydrogen-bond donors (Lipinski definition) is 1. The fraction of sp³-hybridized carbons (Fsp3) is 0.250. The second-order valence-corrected chi connectivity index (χ2v) is 5.92. The van der Waals surface area contributed by atoms with Gasteiger partial charge in [0.1, 0.15) is 0 Å². The molecule has 1 saturated carbocycles. The van der Waals surface area contributed by atoms with Crippen LogP contribution in [0.1, 0.15) is 35.6 Å². The van der Waals surface area contributed by atoms with Crippen molar-refractivity contribution in [3.8, 4) is 5.88 Å². The zero-order valence-electron chi connectivity index (χ0n) is 11.3. The van der Waals surface area contributed by atoms with E-state index in [0.717, 1.165) is 29.7 Å². The molecule has 0 unspecified atom stereocenters. The van der Waals surface area contributed by atoms with Gasteiger partial charge in [-0.1, -0.05) is 23.7 Å². The van der Waals surface area contributed by atoms with Gasteiger partial charge < -0.3 is 5.11 Å². The lowest BCUT2D eigenvalue weighted by molar-refractivity contribution is 0.427. The van der Waals surface area contributed by atoms with E-state index < -0.39 is 0 Å². The molecule has 4 rings (SSSR count). The lowest BCUT2D eigenvalue weighted by Gasteiger charge is -2.12. The highest BCUT2D eigenvalue weighted by molar-refractivity contribution is 6.30. The molecule has 21 heavy (non-hydrogen) atoms. The Morgan fingerprint density at radius 2 is 2.14 bits per heavy atom. The van der Waals surface area contributed by atoms with E-state index in [1.165, 1.54) is 4.52 Å². The Balaban J connectivity index is 1.85. The van der Waals surface area contributed by atoms with Crippen LogP contribution in [0.25, 0.3) is 5.65 Å². The van der Waals surface area contributed by atoms with Crippen molar-refractivity contribution in [3.63, 3.8) is 0 Å². The molecule has 1 aliphatic carbocycles. The third-order valence-electron chi connectivity index (χ3n) is 3.87. The maximum atomic E-state index is 10.6. The summed E-state index contributed by atoms with van der Waals surface area (Å²) in [6.45, 7) is 0. The maximum Gasteiger partial charge on any atom is 0.219 e. The Morgan fingerprint density at radius 3 is 2.90 bits per heavy atom. The summed E-state index contributed by atoms with van der Waals surface area (Å²) in [7, 11) is 0. The molecule has 1 N–H and O–H groups in total. The average Bonchev–Trinajstić information content (AvgIpc) is 3.20. The predicted octanol–water partition coefficient (Wildman–Crippen LogP) is 3.56. The van der Waals surface area contributed by atoms with E-state index in [4.69, 9.17) is 11.6 Å². The molecule has 3 aromatic rings. The second-order valence-electron chi connectivity index (χ2n) is 5.48. The normalized spacial score (nSPS) is 14.7. The number of aromatic hydroxyl groups is 1. The molecule has 0 spiro atoms. The van der Waals surface area contributed by atoms with Gasteiger partial charge in [0.25, 0.3) is 0 Å². The number of nitrogens with zero attached hydrogens (tertiary/aromatic N) is 3. The van der Waals surface area contributed by atoms with Crippen LogP contribution in [0.15, 0.2) is 36.5 Å². The number of rotatable bonds is 3. The molecule has 4 nitrogen and oxygen atoms in total. The molecular weight excluding hydrogens is 286 g/mol. The molecule has 0 aliphatic heterocycles. The molecule has 0 bridgehead atoms. The van der Waals surface area contributed by atoms with Crippen molar-refractivity contribution >= 4 is 17.2 Å². The zero-order chi connectivity index (χ0) is 14.4. The van der Waals surface area contributed by atoms with Gasteiger partial charge in [0.15, 0.2) is 5.65 Å². The van der Waals surface area contributed by atoms with E-state index in [9.17, 15) is 5.11 Å². The van der Waals surface area contributed by atoms with Crippen molar-refractivity contribution in [1.82, 2.24) is 14.6 Å². The van der Waals surface area contributed by atoms with Gasteiger partial charge in [-0.3, -0.25) is 0 Å². The number of aromatic nitrogens is 3. The van der Waals surface area contributed by atoms with Gasteiger partial charge in [-0.05, 0) is 30.5 Å². The van der Waals surface area contributed by atoms with Crippen LogP contribution in [-0.4, -0.2) is 19.7 Å². The highest BCUT2D eigenvalue weighted by Crippen LogP contribution is 2.43. The predicted molar refractivity (Wildman–Crippen MR) is 80.9 cm³/mol. The standard InChI is InChI=1S/C16H14ClN3O/c17-12-3-1-2-10(8-12)9-13-15(11-4-5-11)19-14-6-7-18-20(14)16(13)21/h1-3,6-8,11,21H,4-5,9H2. The topological polar surface area (TPSA) is 50.4 Å². The fourth-order valence-corrected chi connectivity index (χ4v) is 2.91. The van der Waals surface area contributed by atoms with Crippen molar-refractivity contribution in [3.05, 3.63) is 58.4 Å². The summed E-state index contributed by atoms with van der Waals surface area (Å²) in [5, 5.41) is 15.4. The van der Waals surface area contributed by atoms with Crippen molar-refractivity contribution < 1.29 is 5.11 Å². The second kappa shape index (κ2) is 4.74. The zero-order valence-corrected chi connectivity index (χ0v) is 12.1. The fourth-order valence-electron chi connectivity index (χ4n) is 2.69. The van der Waals surface area contributed by atoms with E-state index in [2.05, 4.69) is 10.1 Å². The van der Waals surface area contributed by atoms with E-state index in [1.54, 1.807) is 6.20 Å². The van der Waals surface area contributed by atoms with Gasteiger partial charge in [0.05, 0.1) is 11.9 Å². The summed E-state index contributed by atoms with van der Waals surface area (Å²) in [4.78, 5) is 4.68. The lowest BCUT2D eigenvalue weighted by Crippen LogP contribution is -2.04. The van der Waals surface area contributed by atoms with E-state index in [0.29, 0.717) is 23.0 Å². The van der Waals surface area contributed by atoms with Crippen LogP contribution in [0.5, 0.6) is 5.88 Å². The minimum atomic E-state index is 0.187. The Hall–Kier alpha value is -2.07. The molecule has 1 fully saturated rings. The molecule has 106 valence electrons. The molecular formula is C16H14ClN3O. The number of hydrogen-bond acceptors (Lipinski definition) is 3. The molecule has 2 aromatic heterocycles. The number of halogens is 1. The minimum absolute atomic E-state index is 0.187. The third-order valence-corrected chi connectivity index (χ3v) is 4.11. The Bertz CT molecular complexity index is 824. The van der Waals surface area contributed by atoms with Gasteiger partial charge >= 0.3 is 0 Å².